The third-order valence-corrected chi connectivity index (χ3v) is 2.35. The minimum absolute atomic E-state index is 0.0390. The summed E-state index contributed by atoms with van der Waals surface area (Å²) in [5.41, 5.74) is -1.64. The van der Waals surface area contributed by atoms with Crippen molar-refractivity contribution >= 4 is 11.9 Å². The van der Waals surface area contributed by atoms with E-state index in [-0.39, 0.29) is 25.1 Å². The summed E-state index contributed by atoms with van der Waals surface area (Å²) in [5.74, 6) is -1.00. The van der Waals surface area contributed by atoms with Gasteiger partial charge < -0.3 is 14.6 Å². The van der Waals surface area contributed by atoms with E-state index < -0.39 is 23.1 Å². The highest BCUT2D eigenvalue weighted by Gasteiger charge is 2.16. The summed E-state index contributed by atoms with van der Waals surface area (Å²) in [5, 5.41) is 0. The number of carbonyl (C=O) groups excluding carboxylic acids is 2. The topological polar surface area (TPSA) is 112 Å². The number of rotatable bonds is 5. The van der Waals surface area contributed by atoms with Crippen LogP contribution in [0.5, 0.6) is 0 Å². The molecule has 1 heterocycles. The molecule has 0 aliphatic rings. The van der Waals surface area contributed by atoms with Crippen LogP contribution in [0.25, 0.3) is 0 Å². The second-order valence-corrected chi connectivity index (χ2v) is 3.77. The van der Waals surface area contributed by atoms with Crippen LogP contribution < -0.4 is 11.2 Å². The molecule has 0 aliphatic carbocycles. The fraction of sp³-hybridized carbons (Fsp3) is 0.455. The molecule has 1 rings (SSSR count). The van der Waals surface area contributed by atoms with Crippen molar-refractivity contribution in [1.82, 2.24) is 14.9 Å². The summed E-state index contributed by atoms with van der Waals surface area (Å²) in [6, 6.07) is 0. The zero-order valence-electron chi connectivity index (χ0n) is 10.7. The van der Waals surface area contributed by atoms with Crippen molar-refractivity contribution < 1.29 is 14.3 Å². The van der Waals surface area contributed by atoms with Crippen molar-refractivity contribution in [3.8, 4) is 0 Å². The maximum absolute atomic E-state index is 11.9. The summed E-state index contributed by atoms with van der Waals surface area (Å²) in [6.45, 7) is 2.08. The third-order valence-electron chi connectivity index (χ3n) is 2.35. The number of aromatic nitrogens is 2. The molecule has 0 aromatic carbocycles. The Balaban J connectivity index is 2.69. The minimum Gasteiger partial charge on any atom is -0.466 e. The second-order valence-electron chi connectivity index (χ2n) is 3.77. The molecule has 8 heteroatoms. The molecule has 1 aromatic rings. The maximum Gasteiger partial charge on any atom is 0.325 e. The van der Waals surface area contributed by atoms with Crippen LogP contribution in [0.3, 0.4) is 0 Å². The molecule has 8 nitrogen and oxygen atoms in total. The molecule has 0 saturated carbocycles. The van der Waals surface area contributed by atoms with Gasteiger partial charge in [0.05, 0.1) is 13.0 Å². The van der Waals surface area contributed by atoms with E-state index in [1.807, 2.05) is 4.98 Å². The molecule has 0 aliphatic heterocycles. The van der Waals surface area contributed by atoms with Crippen LogP contribution in [0.15, 0.2) is 15.8 Å². The number of H-pyrrole nitrogens is 2. The monoisotopic (exact) mass is 269 g/mol. The average Bonchev–Trinajstić information content (AvgIpc) is 2.35. The van der Waals surface area contributed by atoms with Gasteiger partial charge in [-0.25, -0.2) is 4.79 Å². The van der Waals surface area contributed by atoms with E-state index in [2.05, 4.69) is 4.98 Å². The largest absolute Gasteiger partial charge is 0.466 e. The Bertz CT molecular complexity index is 574. The Kier molecular flexibility index (Phi) is 5.04. The van der Waals surface area contributed by atoms with Gasteiger partial charge in [-0.05, 0) is 6.92 Å². The number of hydrogen-bond donors (Lipinski definition) is 2. The first-order valence-electron chi connectivity index (χ1n) is 5.68. The molecule has 0 spiro atoms. The molecular weight excluding hydrogens is 254 g/mol. The van der Waals surface area contributed by atoms with Gasteiger partial charge in [0.25, 0.3) is 11.5 Å². The lowest BCUT2D eigenvalue weighted by Crippen LogP contribution is -2.35. The Hall–Kier alpha value is -2.38. The Morgan fingerprint density at radius 3 is 2.63 bits per heavy atom. The van der Waals surface area contributed by atoms with E-state index in [1.165, 1.54) is 11.9 Å². The van der Waals surface area contributed by atoms with Gasteiger partial charge >= 0.3 is 11.7 Å². The number of amides is 1. The molecule has 0 fully saturated rings. The lowest BCUT2D eigenvalue weighted by atomic mass is 10.3. The fourth-order valence-corrected chi connectivity index (χ4v) is 1.37. The third kappa shape index (κ3) is 4.09. The first-order chi connectivity index (χ1) is 8.95. The number of esters is 1. The summed E-state index contributed by atoms with van der Waals surface area (Å²) < 4.78 is 4.72. The zero-order chi connectivity index (χ0) is 14.4. The first kappa shape index (κ1) is 14.7. The lowest BCUT2D eigenvalue weighted by Gasteiger charge is -2.15. The number of aromatic amines is 2. The highest BCUT2D eigenvalue weighted by Crippen LogP contribution is 1.97. The highest BCUT2D eigenvalue weighted by molar-refractivity contribution is 5.93. The SMILES string of the molecule is CCOC(=O)CCN(C)C(=O)c1c[nH]c(=O)[nH]c1=O. The molecular formula is C11H15N3O5. The molecule has 0 bridgehead atoms. The van der Waals surface area contributed by atoms with E-state index in [0.717, 1.165) is 6.20 Å². The number of nitrogens with zero attached hydrogens (tertiary/aromatic N) is 1. The van der Waals surface area contributed by atoms with E-state index in [0.29, 0.717) is 0 Å². The van der Waals surface area contributed by atoms with Gasteiger partial charge in [-0.2, -0.15) is 0 Å². The average molecular weight is 269 g/mol. The second kappa shape index (κ2) is 6.53. The van der Waals surface area contributed by atoms with E-state index in [4.69, 9.17) is 4.74 Å². The Morgan fingerprint density at radius 1 is 1.37 bits per heavy atom. The summed E-state index contributed by atoms with van der Waals surface area (Å²) in [7, 11) is 1.45. The van der Waals surface area contributed by atoms with Crippen LogP contribution in [-0.2, 0) is 9.53 Å². The molecule has 1 amide bonds. The summed E-state index contributed by atoms with van der Waals surface area (Å²) in [4.78, 5) is 50.6. The molecule has 0 radical (unpaired) electrons. The number of ether oxygens (including phenoxy) is 1. The van der Waals surface area contributed by atoms with Crippen LogP contribution in [-0.4, -0.2) is 46.9 Å². The molecule has 0 atom stereocenters. The van der Waals surface area contributed by atoms with Gasteiger partial charge in [0.1, 0.15) is 5.56 Å². The molecule has 19 heavy (non-hydrogen) atoms. The Morgan fingerprint density at radius 2 is 2.05 bits per heavy atom. The standard InChI is InChI=1S/C11H15N3O5/c1-3-19-8(15)4-5-14(2)10(17)7-6-12-11(18)13-9(7)16/h6H,3-5H2,1-2H3,(H2,12,13,16,18). The molecule has 0 unspecified atom stereocenters. The van der Waals surface area contributed by atoms with Crippen molar-refractivity contribution in [2.45, 2.75) is 13.3 Å². The van der Waals surface area contributed by atoms with Crippen molar-refractivity contribution in [2.24, 2.45) is 0 Å². The first-order valence-corrected chi connectivity index (χ1v) is 5.68. The van der Waals surface area contributed by atoms with Gasteiger partial charge in [-0.1, -0.05) is 0 Å². The van der Waals surface area contributed by atoms with Crippen LogP contribution in [0.4, 0.5) is 0 Å². The number of carbonyl (C=O) groups is 2. The van der Waals surface area contributed by atoms with Crippen LogP contribution in [0, 0.1) is 0 Å². The predicted octanol–water partition coefficient (Wildman–Crippen LogP) is -0.912. The molecule has 0 saturated heterocycles. The molecule has 2 N–H and O–H groups in total. The number of nitrogens with one attached hydrogen (secondary N) is 2. The number of hydrogen-bond acceptors (Lipinski definition) is 5. The van der Waals surface area contributed by atoms with Gasteiger partial charge in [0, 0.05) is 19.8 Å². The molecule has 104 valence electrons. The smallest absolute Gasteiger partial charge is 0.325 e. The van der Waals surface area contributed by atoms with Crippen molar-refractivity contribution in [3.63, 3.8) is 0 Å². The van der Waals surface area contributed by atoms with Gasteiger partial charge in [-0.15, -0.1) is 0 Å². The fourth-order valence-electron chi connectivity index (χ4n) is 1.37. The van der Waals surface area contributed by atoms with Gasteiger partial charge in [0.15, 0.2) is 0 Å². The van der Waals surface area contributed by atoms with E-state index in [9.17, 15) is 19.2 Å². The van der Waals surface area contributed by atoms with Crippen molar-refractivity contribution in [3.05, 3.63) is 32.6 Å². The molecule has 1 aromatic heterocycles. The normalized spacial score (nSPS) is 10.0. The summed E-state index contributed by atoms with van der Waals surface area (Å²) >= 11 is 0. The van der Waals surface area contributed by atoms with Crippen molar-refractivity contribution in [1.29, 1.82) is 0 Å². The summed E-state index contributed by atoms with van der Waals surface area (Å²) in [6.07, 6.45) is 1.09. The predicted molar refractivity (Wildman–Crippen MR) is 65.9 cm³/mol. The van der Waals surface area contributed by atoms with Gasteiger partial charge in [0.2, 0.25) is 0 Å². The Labute approximate surface area is 108 Å². The minimum atomic E-state index is -0.767. The highest BCUT2D eigenvalue weighted by atomic mass is 16.5. The van der Waals surface area contributed by atoms with Gasteiger partial charge in [-0.3, -0.25) is 19.4 Å². The van der Waals surface area contributed by atoms with Crippen LogP contribution >= 0.6 is 0 Å². The lowest BCUT2D eigenvalue weighted by molar-refractivity contribution is -0.143. The maximum atomic E-state index is 11.9. The van der Waals surface area contributed by atoms with Crippen LogP contribution in [0.1, 0.15) is 23.7 Å². The van der Waals surface area contributed by atoms with E-state index >= 15 is 0 Å². The zero-order valence-corrected chi connectivity index (χ0v) is 10.7. The van der Waals surface area contributed by atoms with Crippen molar-refractivity contribution in [2.75, 3.05) is 20.2 Å². The quantitative estimate of drug-likeness (QED) is 0.672. The van der Waals surface area contributed by atoms with Crippen LogP contribution in [0.2, 0.25) is 0 Å². The van der Waals surface area contributed by atoms with E-state index in [1.54, 1.807) is 6.92 Å².